The predicted octanol–water partition coefficient (Wildman–Crippen LogP) is 1.55. The van der Waals surface area contributed by atoms with Gasteiger partial charge in [0.25, 0.3) is 0 Å². The molecule has 18 heavy (non-hydrogen) atoms. The molecule has 1 aliphatic carbocycles. The Morgan fingerprint density at radius 2 is 2.11 bits per heavy atom. The van der Waals surface area contributed by atoms with Crippen LogP contribution in [0.3, 0.4) is 0 Å². The Kier molecular flexibility index (Phi) is 4.25. The van der Waals surface area contributed by atoms with Gasteiger partial charge in [-0.3, -0.25) is 9.59 Å². The van der Waals surface area contributed by atoms with Crippen LogP contribution in [0.1, 0.15) is 46.0 Å². The minimum absolute atomic E-state index is 0.0113. The van der Waals surface area contributed by atoms with Crippen LogP contribution in [0.15, 0.2) is 0 Å². The molecule has 3 unspecified atom stereocenters. The highest BCUT2D eigenvalue weighted by Crippen LogP contribution is 2.32. The topological polar surface area (TPSA) is 49.4 Å². The number of hydrogen-bond acceptors (Lipinski definition) is 2. The van der Waals surface area contributed by atoms with E-state index in [1.54, 1.807) is 0 Å². The molecule has 1 N–H and O–H groups in total. The highest BCUT2D eigenvalue weighted by Gasteiger charge is 2.32. The van der Waals surface area contributed by atoms with Gasteiger partial charge in [0, 0.05) is 19.5 Å². The van der Waals surface area contributed by atoms with Crippen LogP contribution in [0.25, 0.3) is 0 Å². The second kappa shape index (κ2) is 5.72. The normalized spacial score (nSPS) is 33.4. The molecule has 2 amide bonds. The van der Waals surface area contributed by atoms with Crippen molar-refractivity contribution in [1.29, 1.82) is 0 Å². The number of carbonyl (C=O) groups excluding carboxylic acids is 2. The molecule has 0 aromatic rings. The van der Waals surface area contributed by atoms with E-state index in [-0.39, 0.29) is 17.9 Å². The summed E-state index contributed by atoms with van der Waals surface area (Å²) in [6, 6.07) is -0.309. The van der Waals surface area contributed by atoms with Crippen molar-refractivity contribution in [2.24, 2.45) is 11.8 Å². The van der Waals surface area contributed by atoms with E-state index in [0.717, 1.165) is 6.54 Å². The minimum atomic E-state index is -0.309. The number of rotatable bonds is 3. The predicted molar refractivity (Wildman–Crippen MR) is 69.9 cm³/mol. The molecule has 0 aromatic carbocycles. The third-order valence-electron chi connectivity index (χ3n) is 4.46. The molecule has 2 aliphatic rings. The number of nitrogens with one attached hydrogen (secondary N) is 1. The van der Waals surface area contributed by atoms with Crippen LogP contribution in [-0.2, 0) is 9.59 Å². The van der Waals surface area contributed by atoms with E-state index in [0.29, 0.717) is 31.2 Å². The summed E-state index contributed by atoms with van der Waals surface area (Å²) in [7, 11) is 0. The molecule has 0 spiro atoms. The number of amides is 2. The highest BCUT2D eigenvalue weighted by molar-refractivity contribution is 5.89. The maximum atomic E-state index is 12.3. The summed E-state index contributed by atoms with van der Waals surface area (Å²) in [6.07, 6.45) is 4.91. The van der Waals surface area contributed by atoms with Crippen molar-refractivity contribution in [3.05, 3.63) is 0 Å². The van der Waals surface area contributed by atoms with Crippen molar-refractivity contribution < 1.29 is 9.59 Å². The fourth-order valence-corrected chi connectivity index (χ4v) is 3.13. The first-order chi connectivity index (χ1) is 8.61. The lowest BCUT2D eigenvalue weighted by Crippen LogP contribution is -2.45. The molecule has 2 rings (SSSR count). The lowest BCUT2D eigenvalue weighted by Gasteiger charge is -2.28. The zero-order chi connectivity index (χ0) is 13.1. The van der Waals surface area contributed by atoms with Gasteiger partial charge in [-0.2, -0.15) is 0 Å². The van der Waals surface area contributed by atoms with Crippen molar-refractivity contribution in [2.45, 2.75) is 52.0 Å². The molecule has 0 bridgehead atoms. The van der Waals surface area contributed by atoms with Gasteiger partial charge in [0.05, 0.1) is 0 Å². The van der Waals surface area contributed by atoms with Crippen LogP contribution in [0.5, 0.6) is 0 Å². The van der Waals surface area contributed by atoms with Gasteiger partial charge < -0.3 is 10.2 Å². The quantitative estimate of drug-likeness (QED) is 0.828. The second-order valence-corrected chi connectivity index (χ2v) is 5.73. The Morgan fingerprint density at radius 3 is 2.72 bits per heavy atom. The first-order valence-electron chi connectivity index (χ1n) is 7.20. The van der Waals surface area contributed by atoms with Gasteiger partial charge in [-0.1, -0.05) is 26.7 Å². The Labute approximate surface area is 109 Å². The monoisotopic (exact) mass is 252 g/mol. The largest absolute Gasteiger partial charge is 0.344 e. The summed E-state index contributed by atoms with van der Waals surface area (Å²) in [6.45, 7) is 5.65. The Balaban J connectivity index is 2.01. The van der Waals surface area contributed by atoms with E-state index in [1.165, 1.54) is 19.3 Å². The van der Waals surface area contributed by atoms with Crippen LogP contribution in [0, 0.1) is 11.8 Å². The molecular formula is C14H24N2O2. The van der Waals surface area contributed by atoms with Crippen LogP contribution in [0.2, 0.25) is 0 Å². The molecule has 0 aromatic heterocycles. The van der Waals surface area contributed by atoms with Gasteiger partial charge in [0.1, 0.15) is 6.04 Å². The smallest absolute Gasteiger partial charge is 0.245 e. The number of nitrogens with zero attached hydrogens (tertiary/aromatic N) is 1. The van der Waals surface area contributed by atoms with E-state index >= 15 is 0 Å². The number of hydrogen-bond donors (Lipinski definition) is 1. The molecule has 1 aliphatic heterocycles. The summed E-state index contributed by atoms with van der Waals surface area (Å²) in [5.41, 5.74) is 0. The van der Waals surface area contributed by atoms with Gasteiger partial charge in [-0.05, 0) is 24.7 Å². The Morgan fingerprint density at radius 1 is 1.33 bits per heavy atom. The average Bonchev–Trinajstić information content (AvgIpc) is 2.70. The van der Waals surface area contributed by atoms with Crippen molar-refractivity contribution in [2.75, 3.05) is 13.1 Å². The van der Waals surface area contributed by atoms with E-state index in [1.807, 2.05) is 11.8 Å². The SMILES string of the molecule is CCC1NC(=O)CCN(CC2CCCC2C)C1=O. The lowest BCUT2D eigenvalue weighted by molar-refractivity contribution is -0.134. The zero-order valence-corrected chi connectivity index (χ0v) is 11.4. The third kappa shape index (κ3) is 2.85. The molecule has 1 saturated carbocycles. The van der Waals surface area contributed by atoms with Crippen LogP contribution in [0.4, 0.5) is 0 Å². The standard InChI is InChI=1S/C14H24N2O2/c1-3-12-14(18)16(8-7-13(17)15-12)9-11-6-4-5-10(11)2/h10-12H,3-9H2,1-2H3,(H,15,17). The molecule has 0 radical (unpaired) electrons. The molecule has 1 heterocycles. The van der Waals surface area contributed by atoms with Gasteiger partial charge >= 0.3 is 0 Å². The minimum Gasteiger partial charge on any atom is -0.344 e. The van der Waals surface area contributed by atoms with Crippen molar-refractivity contribution in [1.82, 2.24) is 10.2 Å². The van der Waals surface area contributed by atoms with Crippen molar-refractivity contribution in [3.63, 3.8) is 0 Å². The first-order valence-corrected chi connectivity index (χ1v) is 7.20. The first kappa shape index (κ1) is 13.4. The Hall–Kier alpha value is -1.06. The molecule has 102 valence electrons. The van der Waals surface area contributed by atoms with Gasteiger partial charge in [-0.15, -0.1) is 0 Å². The maximum absolute atomic E-state index is 12.3. The molecule has 4 heteroatoms. The molecule has 1 saturated heterocycles. The van der Waals surface area contributed by atoms with Gasteiger partial charge in [0.2, 0.25) is 11.8 Å². The molecule has 4 nitrogen and oxygen atoms in total. The summed E-state index contributed by atoms with van der Waals surface area (Å²) in [4.78, 5) is 25.8. The Bertz CT molecular complexity index is 330. The van der Waals surface area contributed by atoms with Gasteiger partial charge in [0.15, 0.2) is 0 Å². The van der Waals surface area contributed by atoms with Gasteiger partial charge in [-0.25, -0.2) is 0 Å². The molecule has 2 fully saturated rings. The third-order valence-corrected chi connectivity index (χ3v) is 4.46. The number of carbonyl (C=O) groups is 2. The van der Waals surface area contributed by atoms with E-state index < -0.39 is 0 Å². The van der Waals surface area contributed by atoms with Crippen LogP contribution < -0.4 is 5.32 Å². The average molecular weight is 252 g/mol. The van der Waals surface area contributed by atoms with E-state index in [4.69, 9.17) is 0 Å². The maximum Gasteiger partial charge on any atom is 0.245 e. The van der Waals surface area contributed by atoms with Crippen LogP contribution >= 0.6 is 0 Å². The summed E-state index contributed by atoms with van der Waals surface area (Å²) < 4.78 is 0. The fraction of sp³-hybridized carbons (Fsp3) is 0.857. The van der Waals surface area contributed by atoms with Crippen molar-refractivity contribution in [3.8, 4) is 0 Å². The molecular weight excluding hydrogens is 228 g/mol. The van der Waals surface area contributed by atoms with Crippen molar-refractivity contribution >= 4 is 11.8 Å². The van der Waals surface area contributed by atoms with Crippen LogP contribution in [-0.4, -0.2) is 35.8 Å². The summed E-state index contributed by atoms with van der Waals surface area (Å²) >= 11 is 0. The zero-order valence-electron chi connectivity index (χ0n) is 11.4. The lowest BCUT2D eigenvalue weighted by atomic mass is 9.97. The summed E-state index contributed by atoms with van der Waals surface area (Å²) in [5.74, 6) is 1.46. The second-order valence-electron chi connectivity index (χ2n) is 5.73. The van der Waals surface area contributed by atoms with E-state index in [9.17, 15) is 9.59 Å². The highest BCUT2D eigenvalue weighted by atomic mass is 16.2. The fourth-order valence-electron chi connectivity index (χ4n) is 3.13. The van der Waals surface area contributed by atoms with E-state index in [2.05, 4.69) is 12.2 Å². The molecule has 3 atom stereocenters. The summed E-state index contributed by atoms with van der Waals surface area (Å²) in [5, 5.41) is 2.81.